The highest BCUT2D eigenvalue weighted by Crippen LogP contribution is 2.24. The third-order valence-electron chi connectivity index (χ3n) is 3.15. The average Bonchev–Trinajstić information content (AvgIpc) is 3.05. The van der Waals surface area contributed by atoms with Gasteiger partial charge >= 0.3 is 6.01 Å². The van der Waals surface area contributed by atoms with E-state index in [1.165, 1.54) is 0 Å². The molecule has 0 radical (unpaired) electrons. The Morgan fingerprint density at radius 3 is 2.76 bits per heavy atom. The number of rotatable bonds is 6. The summed E-state index contributed by atoms with van der Waals surface area (Å²) in [5, 5.41) is 11.1. The van der Waals surface area contributed by atoms with Crippen molar-refractivity contribution in [2.75, 3.05) is 11.1 Å². The van der Waals surface area contributed by atoms with Crippen molar-refractivity contribution in [1.82, 2.24) is 10.2 Å². The predicted octanol–water partition coefficient (Wildman–Crippen LogP) is 5.27. The maximum absolute atomic E-state index is 12.0. The smallest absolute Gasteiger partial charge is 0.322 e. The summed E-state index contributed by atoms with van der Waals surface area (Å²) in [5.41, 5.74) is 0.778. The number of thioether (sulfide) groups is 1. The molecule has 0 saturated carbocycles. The molecular formula is C17H13BrClN3O2S. The van der Waals surface area contributed by atoms with Crippen LogP contribution in [0.3, 0.4) is 0 Å². The zero-order valence-corrected chi connectivity index (χ0v) is 16.1. The molecule has 0 unspecified atom stereocenters. The summed E-state index contributed by atoms with van der Waals surface area (Å²) < 4.78 is 6.39. The number of anilines is 1. The number of nitrogens with zero attached hydrogens (tertiary/aromatic N) is 2. The van der Waals surface area contributed by atoms with E-state index in [4.69, 9.17) is 16.0 Å². The first-order chi connectivity index (χ1) is 12.1. The van der Waals surface area contributed by atoms with Gasteiger partial charge in [-0.25, -0.2) is 0 Å². The Labute approximate surface area is 162 Å². The van der Waals surface area contributed by atoms with Gasteiger partial charge in [-0.2, -0.15) is 0 Å². The van der Waals surface area contributed by atoms with Gasteiger partial charge in [-0.1, -0.05) is 38.7 Å². The van der Waals surface area contributed by atoms with Gasteiger partial charge in [0.05, 0.1) is 0 Å². The Hall–Kier alpha value is -1.83. The molecule has 2 aromatic carbocycles. The number of benzene rings is 2. The molecule has 0 atom stereocenters. The van der Waals surface area contributed by atoms with Crippen LogP contribution >= 0.6 is 39.3 Å². The van der Waals surface area contributed by atoms with E-state index in [-0.39, 0.29) is 11.9 Å². The predicted molar refractivity (Wildman–Crippen MR) is 103 cm³/mol. The van der Waals surface area contributed by atoms with Gasteiger partial charge in [0.15, 0.2) is 0 Å². The first kappa shape index (κ1) is 18.0. The number of carbonyl (C=O) groups is 1. The molecule has 0 spiro atoms. The number of hydrogen-bond donors (Lipinski definition) is 1. The van der Waals surface area contributed by atoms with E-state index in [0.717, 1.165) is 14.9 Å². The molecule has 5 nitrogen and oxygen atoms in total. The normalized spacial score (nSPS) is 10.6. The number of aromatic nitrogens is 2. The zero-order chi connectivity index (χ0) is 17.6. The molecule has 0 bridgehead atoms. The average molecular weight is 439 g/mol. The molecule has 128 valence electrons. The lowest BCUT2D eigenvalue weighted by atomic mass is 10.2. The minimum Gasteiger partial charge on any atom is -0.403 e. The number of nitrogens with one attached hydrogen (secondary N) is 1. The van der Waals surface area contributed by atoms with Crippen LogP contribution in [0.2, 0.25) is 5.02 Å². The summed E-state index contributed by atoms with van der Waals surface area (Å²) >= 11 is 10.8. The second kappa shape index (κ2) is 8.51. The van der Waals surface area contributed by atoms with Gasteiger partial charge < -0.3 is 4.42 Å². The first-order valence-corrected chi connectivity index (χ1v) is 9.53. The molecule has 0 saturated heterocycles. The van der Waals surface area contributed by atoms with Crippen molar-refractivity contribution in [2.45, 2.75) is 11.3 Å². The van der Waals surface area contributed by atoms with E-state index >= 15 is 0 Å². The molecule has 0 fully saturated rings. The fraction of sp³-hybridized carbons (Fsp3) is 0.118. The van der Waals surface area contributed by atoms with Crippen LogP contribution < -0.4 is 5.32 Å². The number of halogens is 2. The van der Waals surface area contributed by atoms with Gasteiger partial charge in [-0.15, -0.1) is 16.9 Å². The van der Waals surface area contributed by atoms with Crippen molar-refractivity contribution in [3.05, 3.63) is 58.0 Å². The molecule has 0 aliphatic heterocycles. The second-order valence-electron chi connectivity index (χ2n) is 5.02. The van der Waals surface area contributed by atoms with Crippen LogP contribution in [-0.4, -0.2) is 21.9 Å². The van der Waals surface area contributed by atoms with Crippen LogP contribution in [0.15, 0.2) is 62.3 Å². The minimum atomic E-state index is -0.175. The summed E-state index contributed by atoms with van der Waals surface area (Å²) in [7, 11) is 0. The molecule has 0 aliphatic carbocycles. The molecule has 1 amide bonds. The molecule has 1 heterocycles. The number of amides is 1. The van der Waals surface area contributed by atoms with E-state index < -0.39 is 0 Å². The third-order valence-corrected chi connectivity index (χ3v) is 4.91. The van der Waals surface area contributed by atoms with Crippen LogP contribution in [0.25, 0.3) is 11.5 Å². The SMILES string of the molecule is O=C(CCSc1ccc(Cl)cc1)Nc1nnc(-c2cccc(Br)c2)o1. The Morgan fingerprint density at radius 2 is 2.00 bits per heavy atom. The van der Waals surface area contributed by atoms with Gasteiger partial charge in [0.1, 0.15) is 0 Å². The molecule has 8 heteroatoms. The Morgan fingerprint density at radius 1 is 1.20 bits per heavy atom. The van der Waals surface area contributed by atoms with Crippen LogP contribution in [0.5, 0.6) is 0 Å². The van der Waals surface area contributed by atoms with E-state index in [0.29, 0.717) is 23.1 Å². The largest absolute Gasteiger partial charge is 0.403 e. The summed E-state index contributed by atoms with van der Waals surface area (Å²) in [6.07, 6.45) is 0.335. The fourth-order valence-electron chi connectivity index (χ4n) is 1.99. The van der Waals surface area contributed by atoms with Crippen molar-refractivity contribution in [2.24, 2.45) is 0 Å². The zero-order valence-electron chi connectivity index (χ0n) is 12.9. The Balaban J connectivity index is 1.50. The molecule has 3 aromatic rings. The van der Waals surface area contributed by atoms with Crippen LogP contribution in [-0.2, 0) is 4.79 Å². The van der Waals surface area contributed by atoms with Gasteiger partial charge in [0, 0.05) is 32.1 Å². The summed E-state index contributed by atoms with van der Waals surface area (Å²) in [4.78, 5) is 13.0. The summed E-state index contributed by atoms with van der Waals surface area (Å²) in [5.74, 6) is 0.818. The quantitative estimate of drug-likeness (QED) is 0.531. The minimum absolute atomic E-state index is 0.0940. The van der Waals surface area contributed by atoms with Gasteiger partial charge in [-0.05, 0) is 42.5 Å². The van der Waals surface area contributed by atoms with Crippen molar-refractivity contribution in [3.8, 4) is 11.5 Å². The van der Waals surface area contributed by atoms with Gasteiger partial charge in [0.2, 0.25) is 11.8 Å². The van der Waals surface area contributed by atoms with Gasteiger partial charge in [-0.3, -0.25) is 10.1 Å². The molecule has 1 aromatic heterocycles. The highest BCUT2D eigenvalue weighted by atomic mass is 79.9. The lowest BCUT2D eigenvalue weighted by Gasteiger charge is -2.02. The highest BCUT2D eigenvalue weighted by molar-refractivity contribution is 9.10. The standard InChI is InChI=1S/C17H13BrClN3O2S/c18-12-3-1-2-11(10-12)16-21-22-17(24-16)20-15(23)8-9-25-14-6-4-13(19)5-7-14/h1-7,10H,8-9H2,(H,20,22,23). The first-order valence-electron chi connectivity index (χ1n) is 7.38. The maximum atomic E-state index is 12.0. The second-order valence-corrected chi connectivity index (χ2v) is 7.54. The Bertz CT molecular complexity index is 870. The number of carbonyl (C=O) groups excluding carboxylic acids is 1. The lowest BCUT2D eigenvalue weighted by molar-refractivity contribution is -0.115. The van der Waals surface area contributed by atoms with Crippen molar-refractivity contribution < 1.29 is 9.21 Å². The molecule has 0 aliphatic rings. The van der Waals surface area contributed by atoms with Crippen molar-refractivity contribution >= 4 is 51.2 Å². The van der Waals surface area contributed by atoms with E-state index in [1.807, 2.05) is 48.5 Å². The van der Waals surface area contributed by atoms with Crippen LogP contribution in [0.4, 0.5) is 6.01 Å². The van der Waals surface area contributed by atoms with Crippen molar-refractivity contribution in [1.29, 1.82) is 0 Å². The van der Waals surface area contributed by atoms with Crippen LogP contribution in [0, 0.1) is 0 Å². The fourth-order valence-corrected chi connectivity index (χ4v) is 3.36. The molecular weight excluding hydrogens is 426 g/mol. The monoisotopic (exact) mass is 437 g/mol. The van der Waals surface area contributed by atoms with Crippen LogP contribution in [0.1, 0.15) is 6.42 Å². The van der Waals surface area contributed by atoms with E-state index in [9.17, 15) is 4.79 Å². The molecule has 1 N–H and O–H groups in total. The molecule has 3 rings (SSSR count). The summed E-state index contributed by atoms with van der Waals surface area (Å²) in [6.45, 7) is 0. The molecule has 25 heavy (non-hydrogen) atoms. The van der Waals surface area contributed by atoms with E-state index in [1.54, 1.807) is 11.8 Å². The lowest BCUT2D eigenvalue weighted by Crippen LogP contribution is -2.12. The van der Waals surface area contributed by atoms with E-state index in [2.05, 4.69) is 31.4 Å². The number of hydrogen-bond acceptors (Lipinski definition) is 5. The van der Waals surface area contributed by atoms with Gasteiger partial charge in [0.25, 0.3) is 0 Å². The highest BCUT2D eigenvalue weighted by Gasteiger charge is 2.11. The maximum Gasteiger partial charge on any atom is 0.322 e. The third kappa shape index (κ3) is 5.32. The Kier molecular flexibility index (Phi) is 6.12. The summed E-state index contributed by atoms with van der Waals surface area (Å²) in [6, 6.07) is 15.1. The van der Waals surface area contributed by atoms with Crippen molar-refractivity contribution in [3.63, 3.8) is 0 Å². The topological polar surface area (TPSA) is 68.0 Å².